The van der Waals surface area contributed by atoms with Gasteiger partial charge in [0.05, 0.1) is 158 Å². The molecule has 0 amide bonds. The maximum absolute atomic E-state index is 5.53. The SMILES string of the molecule is C=COCCOCCOCCOCCOCCOCCOCCOCCOCCOCCOCCOCCOCC(C)CC. The summed E-state index contributed by atoms with van der Waals surface area (Å²) in [6, 6.07) is 0. The maximum Gasteiger partial charge on any atom is 0.111 e. The molecule has 0 spiro atoms. The fourth-order valence-electron chi connectivity index (χ4n) is 3.01. The lowest BCUT2D eigenvalue weighted by molar-refractivity contribution is -0.0288. The summed E-state index contributed by atoms with van der Waals surface area (Å²) in [6.45, 7) is 21.3. The minimum Gasteiger partial charge on any atom is -0.499 e. The molecule has 13 heteroatoms. The van der Waals surface area contributed by atoms with Gasteiger partial charge >= 0.3 is 0 Å². The first-order chi connectivity index (χ1) is 21.8. The van der Waals surface area contributed by atoms with Crippen LogP contribution in [-0.2, 0) is 61.6 Å². The van der Waals surface area contributed by atoms with Gasteiger partial charge < -0.3 is 61.6 Å². The van der Waals surface area contributed by atoms with Crippen LogP contribution in [0.1, 0.15) is 20.3 Å². The predicted molar refractivity (Wildman–Crippen MR) is 165 cm³/mol. The van der Waals surface area contributed by atoms with E-state index in [2.05, 4.69) is 20.4 Å². The molecule has 0 aromatic heterocycles. The normalized spacial score (nSPS) is 12.1. The Morgan fingerprint density at radius 1 is 0.364 bits per heavy atom. The highest BCUT2D eigenvalue weighted by atomic mass is 16.6. The topological polar surface area (TPSA) is 120 Å². The lowest BCUT2D eigenvalue weighted by Crippen LogP contribution is -2.15. The number of hydrogen-bond donors (Lipinski definition) is 0. The van der Waals surface area contributed by atoms with Crippen LogP contribution >= 0.6 is 0 Å². The van der Waals surface area contributed by atoms with Crippen LogP contribution in [0.15, 0.2) is 12.8 Å². The van der Waals surface area contributed by atoms with E-state index in [-0.39, 0.29) is 0 Å². The molecule has 0 saturated carbocycles. The number of ether oxygens (including phenoxy) is 13. The Kier molecular flexibility index (Phi) is 39.2. The highest BCUT2D eigenvalue weighted by Gasteiger charge is 1.99. The van der Waals surface area contributed by atoms with Gasteiger partial charge in [-0.1, -0.05) is 26.8 Å². The maximum atomic E-state index is 5.53. The van der Waals surface area contributed by atoms with Crippen LogP contribution in [0.2, 0.25) is 0 Å². The lowest BCUT2D eigenvalue weighted by atomic mass is 10.1. The highest BCUT2D eigenvalue weighted by molar-refractivity contribution is 4.48. The molecule has 0 heterocycles. The zero-order valence-corrected chi connectivity index (χ0v) is 27.6. The van der Waals surface area contributed by atoms with E-state index in [4.69, 9.17) is 61.6 Å². The van der Waals surface area contributed by atoms with Crippen molar-refractivity contribution in [1.82, 2.24) is 0 Å². The Hall–Kier alpha value is -0.940. The summed E-state index contributed by atoms with van der Waals surface area (Å²) < 4.78 is 70.4. The Morgan fingerprint density at radius 2 is 0.568 bits per heavy atom. The van der Waals surface area contributed by atoms with Gasteiger partial charge in [0.15, 0.2) is 0 Å². The fraction of sp³-hybridized carbons (Fsp3) is 0.935. The third kappa shape index (κ3) is 39.1. The molecule has 0 N–H and O–H groups in total. The van der Waals surface area contributed by atoms with E-state index < -0.39 is 0 Å². The van der Waals surface area contributed by atoms with Gasteiger partial charge in [-0.2, -0.15) is 0 Å². The van der Waals surface area contributed by atoms with E-state index in [1.807, 2.05) is 0 Å². The van der Waals surface area contributed by atoms with Crippen molar-refractivity contribution in [2.75, 3.05) is 165 Å². The summed E-state index contributed by atoms with van der Waals surface area (Å²) in [5.74, 6) is 0.597. The molecular weight excluding hydrogens is 580 g/mol. The van der Waals surface area contributed by atoms with Crippen LogP contribution in [0.25, 0.3) is 0 Å². The summed E-state index contributed by atoms with van der Waals surface area (Å²) in [7, 11) is 0. The molecule has 0 aliphatic heterocycles. The van der Waals surface area contributed by atoms with Crippen LogP contribution in [0.5, 0.6) is 0 Å². The van der Waals surface area contributed by atoms with Gasteiger partial charge in [0.2, 0.25) is 0 Å². The molecule has 0 aromatic rings. The van der Waals surface area contributed by atoms with Gasteiger partial charge in [0, 0.05) is 6.61 Å². The van der Waals surface area contributed by atoms with Gasteiger partial charge in [-0.05, 0) is 5.92 Å². The van der Waals surface area contributed by atoms with Crippen molar-refractivity contribution in [3.05, 3.63) is 12.8 Å². The van der Waals surface area contributed by atoms with Crippen LogP contribution < -0.4 is 0 Å². The molecule has 0 bridgehead atoms. The molecule has 1 atom stereocenters. The van der Waals surface area contributed by atoms with Crippen molar-refractivity contribution in [2.24, 2.45) is 5.92 Å². The summed E-state index contributed by atoms with van der Waals surface area (Å²) in [5.41, 5.74) is 0. The molecule has 0 radical (unpaired) electrons. The minimum atomic E-state index is 0.502. The molecule has 0 saturated heterocycles. The second kappa shape index (κ2) is 40.1. The Labute approximate surface area is 265 Å². The molecule has 0 fully saturated rings. The van der Waals surface area contributed by atoms with Gasteiger partial charge in [-0.15, -0.1) is 0 Å². The second-order valence-corrected chi connectivity index (χ2v) is 9.36. The van der Waals surface area contributed by atoms with E-state index in [1.54, 1.807) is 0 Å². The summed E-state index contributed by atoms with van der Waals surface area (Å²) in [5, 5.41) is 0. The second-order valence-electron chi connectivity index (χ2n) is 9.36. The standard InChI is InChI=1S/C31H62O13/c1-4-31(3)30-44-29-28-43-27-26-42-25-24-41-23-22-40-21-20-39-19-18-38-17-16-37-15-14-36-13-12-35-11-10-34-9-8-33-7-6-32-5-2/h5,31H,2,4,6-30H2,1,3H3. The van der Waals surface area contributed by atoms with Gasteiger partial charge in [0.1, 0.15) is 6.61 Å². The predicted octanol–water partition coefficient (Wildman–Crippen LogP) is 2.39. The largest absolute Gasteiger partial charge is 0.499 e. The molecule has 1 unspecified atom stereocenters. The summed E-state index contributed by atoms with van der Waals surface area (Å²) >= 11 is 0. The van der Waals surface area contributed by atoms with Crippen molar-refractivity contribution >= 4 is 0 Å². The van der Waals surface area contributed by atoms with Crippen LogP contribution in [0, 0.1) is 5.92 Å². The number of hydrogen-bond acceptors (Lipinski definition) is 13. The van der Waals surface area contributed by atoms with Crippen molar-refractivity contribution in [2.45, 2.75) is 20.3 Å². The third-order valence-corrected chi connectivity index (χ3v) is 5.65. The minimum absolute atomic E-state index is 0.502. The zero-order valence-electron chi connectivity index (χ0n) is 27.6. The summed E-state index contributed by atoms with van der Waals surface area (Å²) in [4.78, 5) is 0. The highest BCUT2D eigenvalue weighted by Crippen LogP contribution is 2.00. The molecule has 0 rings (SSSR count). The van der Waals surface area contributed by atoms with Crippen molar-refractivity contribution in [1.29, 1.82) is 0 Å². The lowest BCUT2D eigenvalue weighted by Gasteiger charge is -2.10. The fourth-order valence-corrected chi connectivity index (χ4v) is 3.01. The Morgan fingerprint density at radius 3 is 0.773 bits per heavy atom. The molecule has 0 aliphatic carbocycles. The molecular formula is C31H62O13. The van der Waals surface area contributed by atoms with Gasteiger partial charge in [-0.25, -0.2) is 0 Å². The van der Waals surface area contributed by atoms with E-state index >= 15 is 0 Å². The van der Waals surface area contributed by atoms with Crippen LogP contribution in [-0.4, -0.2) is 165 Å². The van der Waals surface area contributed by atoms with E-state index in [1.165, 1.54) is 6.26 Å². The average Bonchev–Trinajstić information content (AvgIpc) is 3.04. The van der Waals surface area contributed by atoms with E-state index in [0.29, 0.717) is 164 Å². The monoisotopic (exact) mass is 642 g/mol. The molecule has 264 valence electrons. The quantitative estimate of drug-likeness (QED) is 0.0720. The smallest absolute Gasteiger partial charge is 0.111 e. The van der Waals surface area contributed by atoms with Gasteiger partial charge in [0.25, 0.3) is 0 Å². The van der Waals surface area contributed by atoms with E-state index in [9.17, 15) is 0 Å². The Bertz CT molecular complexity index is 531. The third-order valence-electron chi connectivity index (χ3n) is 5.65. The van der Waals surface area contributed by atoms with Crippen molar-refractivity contribution < 1.29 is 61.6 Å². The van der Waals surface area contributed by atoms with Crippen molar-refractivity contribution in [3.8, 4) is 0 Å². The van der Waals surface area contributed by atoms with Gasteiger partial charge in [-0.3, -0.25) is 0 Å². The number of rotatable bonds is 40. The van der Waals surface area contributed by atoms with E-state index in [0.717, 1.165) is 13.0 Å². The van der Waals surface area contributed by atoms with Crippen molar-refractivity contribution in [3.63, 3.8) is 0 Å². The first-order valence-corrected chi connectivity index (χ1v) is 16.0. The van der Waals surface area contributed by atoms with Crippen LogP contribution in [0.3, 0.4) is 0 Å². The molecule has 0 aliphatic rings. The Balaban J connectivity index is 3.04. The van der Waals surface area contributed by atoms with Crippen LogP contribution in [0.4, 0.5) is 0 Å². The molecule has 0 aromatic carbocycles. The summed E-state index contributed by atoms with van der Waals surface area (Å²) in [6.07, 6.45) is 2.53. The first-order valence-electron chi connectivity index (χ1n) is 16.0. The molecule has 44 heavy (non-hydrogen) atoms. The molecule has 13 nitrogen and oxygen atoms in total. The zero-order chi connectivity index (χ0) is 31.9. The first kappa shape index (κ1) is 43.1. The average molecular weight is 643 g/mol.